The molecule has 0 aromatic rings. The van der Waals surface area contributed by atoms with Crippen molar-refractivity contribution < 1.29 is 80.2 Å². The zero-order valence-corrected chi connectivity index (χ0v) is 57.7. The van der Waals surface area contributed by atoms with Gasteiger partial charge in [0, 0.05) is 25.7 Å². The first-order valence-electron chi connectivity index (χ1n) is 34.8. The van der Waals surface area contributed by atoms with Crippen LogP contribution in [0.25, 0.3) is 0 Å². The number of hydrogen-bond donors (Lipinski definition) is 3. The molecule has 0 aromatic heterocycles. The lowest BCUT2D eigenvalue weighted by Crippen LogP contribution is -2.30. The van der Waals surface area contributed by atoms with Crippen molar-refractivity contribution in [2.45, 2.75) is 343 Å². The summed E-state index contributed by atoms with van der Waals surface area (Å²) in [6.07, 6.45) is 37.7. The van der Waals surface area contributed by atoms with Crippen molar-refractivity contribution in [1.29, 1.82) is 0 Å². The van der Waals surface area contributed by atoms with Crippen molar-refractivity contribution in [1.82, 2.24) is 0 Å². The summed E-state index contributed by atoms with van der Waals surface area (Å²) in [4.78, 5) is 72.3. The predicted molar refractivity (Wildman–Crippen MR) is 344 cm³/mol. The van der Waals surface area contributed by atoms with Crippen molar-refractivity contribution in [2.24, 2.45) is 23.7 Å². The van der Waals surface area contributed by atoms with E-state index in [1.54, 1.807) is 0 Å². The first kappa shape index (κ1) is 84.1. The zero-order chi connectivity index (χ0) is 63.9. The number of aliphatic hydroxyl groups excluding tert-OH is 1. The molecular weight excluding hydrogens is 1140 g/mol. The van der Waals surface area contributed by atoms with Crippen LogP contribution in [0.3, 0.4) is 0 Å². The molecule has 0 rings (SSSR count). The Labute approximate surface area is 524 Å². The van der Waals surface area contributed by atoms with E-state index in [2.05, 4.69) is 55.4 Å². The number of phosphoric acid groups is 2. The molecule has 510 valence electrons. The summed E-state index contributed by atoms with van der Waals surface area (Å²) in [5.41, 5.74) is 0. The van der Waals surface area contributed by atoms with Crippen LogP contribution in [0.5, 0.6) is 0 Å². The van der Waals surface area contributed by atoms with Crippen molar-refractivity contribution >= 4 is 39.5 Å². The normalized spacial score (nSPS) is 15.0. The van der Waals surface area contributed by atoms with Gasteiger partial charge >= 0.3 is 39.5 Å². The SMILES string of the molecule is CCC(C)CCCCCCCCCCCCC(=O)O[C@H](COC(=O)CCCCCCCCC(C)CC)COP(=O)(O)OC[C@H](O)COP(=O)(O)OC[C@@H](COC(=O)CCCCCCCCCCCCC(C)C)OC(=O)CCCCCCCCC(C)C. The Morgan fingerprint density at radius 3 is 0.826 bits per heavy atom. The van der Waals surface area contributed by atoms with E-state index in [0.717, 1.165) is 114 Å². The van der Waals surface area contributed by atoms with Crippen molar-refractivity contribution in [3.63, 3.8) is 0 Å². The van der Waals surface area contributed by atoms with E-state index >= 15 is 0 Å². The van der Waals surface area contributed by atoms with Crippen LogP contribution in [0.4, 0.5) is 0 Å². The summed E-state index contributed by atoms with van der Waals surface area (Å²) in [5.74, 6) is 0.823. The highest BCUT2D eigenvalue weighted by molar-refractivity contribution is 7.47. The minimum atomic E-state index is -4.95. The summed E-state index contributed by atoms with van der Waals surface area (Å²) in [6.45, 7) is 14.0. The van der Waals surface area contributed by atoms with Gasteiger partial charge < -0.3 is 33.8 Å². The van der Waals surface area contributed by atoms with E-state index in [9.17, 15) is 43.2 Å². The summed E-state index contributed by atoms with van der Waals surface area (Å²) in [7, 11) is -9.90. The number of unbranched alkanes of at least 4 members (excludes halogenated alkanes) is 28. The minimum Gasteiger partial charge on any atom is -0.462 e. The molecule has 0 radical (unpaired) electrons. The number of carbonyl (C=O) groups excluding carboxylic acids is 4. The number of hydrogen-bond acceptors (Lipinski definition) is 15. The van der Waals surface area contributed by atoms with E-state index in [-0.39, 0.29) is 25.7 Å². The fraction of sp³-hybridized carbons (Fsp3) is 0.940. The Bertz CT molecular complexity index is 1720. The molecule has 0 spiro atoms. The molecule has 0 aliphatic heterocycles. The highest BCUT2D eigenvalue weighted by Crippen LogP contribution is 2.45. The Hall–Kier alpha value is -1.94. The smallest absolute Gasteiger partial charge is 0.462 e. The second kappa shape index (κ2) is 57.0. The van der Waals surface area contributed by atoms with E-state index in [1.165, 1.54) is 122 Å². The summed E-state index contributed by atoms with van der Waals surface area (Å²) >= 11 is 0. The standard InChI is InChI=1S/C67H130O17P2/c1-9-59(7)45-37-29-20-16-12-14-18-22-33-41-49-66(71)83-62(54-78-65(70)48-40-32-26-24-30-38-46-60(8)10-2)55-81-85(73,74)79-51-61(68)52-80-86(75,76)82-56-63(84-67(72)50-42-34-25-23-28-36-44-58(5)6)53-77-64(69)47-39-31-21-17-13-11-15-19-27-35-43-57(3)4/h57-63,68H,9-56H2,1-8H3,(H,73,74)(H,75,76)/t59?,60?,61-,62+,63+/m0/s1. The highest BCUT2D eigenvalue weighted by atomic mass is 31.2. The van der Waals surface area contributed by atoms with Gasteiger partial charge in [0.15, 0.2) is 12.2 Å². The highest BCUT2D eigenvalue weighted by Gasteiger charge is 2.30. The molecule has 0 aliphatic carbocycles. The molecule has 0 aliphatic rings. The number of ether oxygens (including phenoxy) is 4. The average Bonchev–Trinajstić information content (AvgIpc) is 3.69. The molecule has 4 unspecified atom stereocenters. The Kier molecular flexibility index (Phi) is 55.7. The molecule has 0 aromatic carbocycles. The third kappa shape index (κ3) is 58.4. The van der Waals surface area contributed by atoms with E-state index in [1.807, 2.05) is 0 Å². The topological polar surface area (TPSA) is 237 Å². The molecule has 0 bridgehead atoms. The number of esters is 4. The summed E-state index contributed by atoms with van der Waals surface area (Å²) in [6, 6.07) is 0. The van der Waals surface area contributed by atoms with Crippen LogP contribution in [0.15, 0.2) is 0 Å². The Balaban J connectivity index is 5.24. The lowest BCUT2D eigenvalue weighted by molar-refractivity contribution is -0.161. The summed E-state index contributed by atoms with van der Waals surface area (Å²) < 4.78 is 68.1. The van der Waals surface area contributed by atoms with Crippen LogP contribution in [0.2, 0.25) is 0 Å². The summed E-state index contributed by atoms with van der Waals surface area (Å²) in [5, 5.41) is 10.6. The number of aliphatic hydroxyl groups is 1. The molecule has 19 heteroatoms. The number of rotatable bonds is 64. The van der Waals surface area contributed by atoms with Gasteiger partial charge in [0.25, 0.3) is 0 Å². The molecular formula is C67H130O17P2. The third-order valence-corrected chi connectivity index (χ3v) is 17.9. The van der Waals surface area contributed by atoms with Crippen molar-refractivity contribution in [3.05, 3.63) is 0 Å². The Morgan fingerprint density at radius 1 is 0.326 bits per heavy atom. The number of phosphoric ester groups is 2. The maximum Gasteiger partial charge on any atom is 0.472 e. The fourth-order valence-corrected chi connectivity index (χ4v) is 11.5. The van der Waals surface area contributed by atoms with Gasteiger partial charge in [0.05, 0.1) is 26.4 Å². The molecule has 0 saturated heterocycles. The van der Waals surface area contributed by atoms with E-state index in [4.69, 9.17) is 37.0 Å². The van der Waals surface area contributed by atoms with Crippen LogP contribution in [0.1, 0.15) is 325 Å². The average molecular weight is 1270 g/mol. The number of carbonyl (C=O) groups is 4. The van der Waals surface area contributed by atoms with E-state index < -0.39 is 97.5 Å². The third-order valence-electron chi connectivity index (χ3n) is 16.0. The monoisotopic (exact) mass is 1270 g/mol. The van der Waals surface area contributed by atoms with Gasteiger partial charge in [-0.25, -0.2) is 9.13 Å². The molecule has 3 N–H and O–H groups in total. The van der Waals surface area contributed by atoms with Crippen LogP contribution in [0, 0.1) is 23.7 Å². The second-order valence-corrected chi connectivity index (χ2v) is 28.6. The van der Waals surface area contributed by atoms with Crippen LogP contribution < -0.4 is 0 Å². The first-order chi connectivity index (χ1) is 41.2. The zero-order valence-electron chi connectivity index (χ0n) is 55.9. The van der Waals surface area contributed by atoms with Crippen molar-refractivity contribution in [3.8, 4) is 0 Å². The maximum atomic E-state index is 13.0. The fourth-order valence-electron chi connectivity index (χ4n) is 9.89. The van der Waals surface area contributed by atoms with Gasteiger partial charge in [-0.2, -0.15) is 0 Å². The molecule has 17 nitrogen and oxygen atoms in total. The van der Waals surface area contributed by atoms with Gasteiger partial charge in [-0.05, 0) is 49.4 Å². The molecule has 0 saturated carbocycles. The van der Waals surface area contributed by atoms with Crippen LogP contribution >= 0.6 is 15.6 Å². The molecule has 7 atom stereocenters. The van der Waals surface area contributed by atoms with Gasteiger partial charge in [-0.1, -0.05) is 274 Å². The van der Waals surface area contributed by atoms with Crippen LogP contribution in [-0.4, -0.2) is 96.7 Å². The lowest BCUT2D eigenvalue weighted by Gasteiger charge is -2.21. The molecule has 0 heterocycles. The Morgan fingerprint density at radius 2 is 0.558 bits per heavy atom. The lowest BCUT2D eigenvalue weighted by atomic mass is 9.99. The van der Waals surface area contributed by atoms with Gasteiger partial charge in [0.1, 0.15) is 19.3 Å². The molecule has 0 amide bonds. The molecule has 86 heavy (non-hydrogen) atoms. The van der Waals surface area contributed by atoms with Crippen molar-refractivity contribution in [2.75, 3.05) is 39.6 Å². The quantitative estimate of drug-likeness (QED) is 0.0222. The predicted octanol–water partition coefficient (Wildman–Crippen LogP) is 18.5. The van der Waals surface area contributed by atoms with Crippen LogP contribution in [-0.2, 0) is 65.4 Å². The minimum absolute atomic E-state index is 0.101. The first-order valence-corrected chi connectivity index (χ1v) is 37.8. The van der Waals surface area contributed by atoms with Gasteiger partial charge in [-0.15, -0.1) is 0 Å². The van der Waals surface area contributed by atoms with Gasteiger partial charge in [0.2, 0.25) is 0 Å². The second-order valence-electron chi connectivity index (χ2n) is 25.6. The van der Waals surface area contributed by atoms with E-state index in [0.29, 0.717) is 31.6 Å². The molecule has 0 fully saturated rings. The maximum absolute atomic E-state index is 13.0. The van der Waals surface area contributed by atoms with Gasteiger partial charge in [-0.3, -0.25) is 37.3 Å². The largest absolute Gasteiger partial charge is 0.472 e.